The van der Waals surface area contributed by atoms with E-state index in [2.05, 4.69) is 38.3 Å². The van der Waals surface area contributed by atoms with Gasteiger partial charge in [-0.25, -0.2) is 0 Å². The molecule has 0 aromatic heterocycles. The molecule has 3 N–H and O–H groups in total. The topological polar surface area (TPSA) is 81.7 Å². The van der Waals surface area contributed by atoms with Crippen LogP contribution in [-0.4, -0.2) is 60.1 Å². The fourth-order valence-electron chi connectivity index (χ4n) is 4.27. The summed E-state index contributed by atoms with van der Waals surface area (Å²) in [7, 11) is 0. The predicted octanol–water partition coefficient (Wildman–Crippen LogP) is 5.25. The molecule has 7 heteroatoms. The second-order valence-electron chi connectivity index (χ2n) is 10.2. The summed E-state index contributed by atoms with van der Waals surface area (Å²) < 4.78 is 0. The first-order valence-corrected chi connectivity index (χ1v) is 13.9. The Bertz CT molecular complexity index is 988. The molecule has 0 fully saturated rings. The largest absolute Gasteiger partial charge is 0.390 e. The van der Waals surface area contributed by atoms with E-state index in [1.165, 1.54) is 0 Å². The molecule has 37 heavy (non-hydrogen) atoms. The second-order valence-corrected chi connectivity index (χ2v) is 10.7. The standard InChI is InChI=1S/C30H44ClN3O3/c1-6-14-34(15-7-2)30(37)25-17-22(5)16-24(19-25)29(36)33-27(18-23-8-10-26(31)11-9-23)28(35)20-32-13-12-21(3)4/h8-11,16-17,19,21,27-28,32,35H,6-7,12-15,18,20H2,1-5H3,(H,33,36)/t27-,28+/m0/s1. The van der Waals surface area contributed by atoms with Crippen molar-refractivity contribution in [2.24, 2.45) is 5.92 Å². The Balaban J connectivity index is 2.22. The molecule has 0 saturated heterocycles. The number of carbonyl (C=O) groups is 2. The fourth-order valence-corrected chi connectivity index (χ4v) is 4.39. The van der Waals surface area contributed by atoms with Gasteiger partial charge in [-0.2, -0.15) is 0 Å². The highest BCUT2D eigenvalue weighted by atomic mass is 35.5. The SMILES string of the molecule is CCCN(CCC)C(=O)c1cc(C)cc(C(=O)N[C@@H](Cc2ccc(Cl)cc2)[C@H](O)CNCCC(C)C)c1. The number of aliphatic hydroxyl groups excluding tert-OH is 1. The zero-order chi connectivity index (χ0) is 27.4. The van der Waals surface area contributed by atoms with Crippen molar-refractivity contribution in [3.05, 3.63) is 69.7 Å². The summed E-state index contributed by atoms with van der Waals surface area (Å²) in [6, 6.07) is 12.2. The summed E-state index contributed by atoms with van der Waals surface area (Å²) in [5, 5.41) is 18.0. The van der Waals surface area contributed by atoms with Gasteiger partial charge in [0.05, 0.1) is 12.1 Å². The summed E-state index contributed by atoms with van der Waals surface area (Å²) in [6.45, 7) is 12.8. The monoisotopic (exact) mass is 529 g/mol. The Morgan fingerprint density at radius 3 is 2.22 bits per heavy atom. The minimum atomic E-state index is -0.790. The van der Waals surface area contributed by atoms with Crippen LogP contribution in [-0.2, 0) is 6.42 Å². The molecule has 0 spiro atoms. The van der Waals surface area contributed by atoms with Crippen molar-refractivity contribution >= 4 is 23.4 Å². The van der Waals surface area contributed by atoms with Gasteiger partial charge in [0.2, 0.25) is 0 Å². The lowest BCUT2D eigenvalue weighted by atomic mass is 9.99. The number of carbonyl (C=O) groups excluding carboxylic acids is 2. The van der Waals surface area contributed by atoms with E-state index < -0.39 is 12.1 Å². The van der Waals surface area contributed by atoms with E-state index in [9.17, 15) is 14.7 Å². The molecule has 0 bridgehead atoms. The zero-order valence-corrected chi connectivity index (χ0v) is 23.8. The minimum Gasteiger partial charge on any atom is -0.390 e. The molecule has 0 saturated carbocycles. The number of halogens is 1. The molecule has 2 rings (SSSR count). The van der Waals surface area contributed by atoms with Crippen LogP contribution >= 0.6 is 11.6 Å². The van der Waals surface area contributed by atoms with Crippen molar-refractivity contribution < 1.29 is 14.7 Å². The van der Waals surface area contributed by atoms with Gasteiger partial charge in [-0.3, -0.25) is 9.59 Å². The van der Waals surface area contributed by atoms with Gasteiger partial charge in [0.15, 0.2) is 0 Å². The van der Waals surface area contributed by atoms with Crippen LogP contribution < -0.4 is 10.6 Å². The van der Waals surface area contributed by atoms with Crippen LogP contribution in [0.2, 0.25) is 5.02 Å². The summed E-state index contributed by atoms with van der Waals surface area (Å²) in [5.74, 6) is 0.196. The minimum absolute atomic E-state index is 0.0615. The molecule has 0 aliphatic heterocycles. The molecule has 0 unspecified atom stereocenters. The van der Waals surface area contributed by atoms with Gasteiger partial charge in [0.1, 0.15) is 0 Å². The van der Waals surface area contributed by atoms with E-state index >= 15 is 0 Å². The Hall–Kier alpha value is -2.41. The van der Waals surface area contributed by atoms with Gasteiger partial charge < -0.3 is 20.6 Å². The summed E-state index contributed by atoms with van der Waals surface area (Å²) in [5.41, 5.74) is 2.73. The van der Waals surface area contributed by atoms with Gasteiger partial charge in [0, 0.05) is 35.8 Å². The molecule has 0 aliphatic carbocycles. The first kappa shape index (κ1) is 30.8. The lowest BCUT2D eigenvalue weighted by Gasteiger charge is -2.25. The number of aliphatic hydroxyl groups is 1. The lowest BCUT2D eigenvalue weighted by molar-refractivity contribution is 0.0755. The molecule has 204 valence electrons. The van der Waals surface area contributed by atoms with E-state index in [0.717, 1.165) is 36.9 Å². The molecule has 2 amide bonds. The van der Waals surface area contributed by atoms with Crippen molar-refractivity contribution in [1.29, 1.82) is 0 Å². The average molecular weight is 530 g/mol. The lowest BCUT2D eigenvalue weighted by Crippen LogP contribution is -2.49. The van der Waals surface area contributed by atoms with E-state index in [0.29, 0.717) is 48.1 Å². The van der Waals surface area contributed by atoms with Crippen LogP contribution in [0.3, 0.4) is 0 Å². The zero-order valence-electron chi connectivity index (χ0n) is 23.0. The van der Waals surface area contributed by atoms with Gasteiger partial charge in [-0.1, -0.05) is 51.4 Å². The molecule has 6 nitrogen and oxygen atoms in total. The normalized spacial score (nSPS) is 12.9. The molecular weight excluding hydrogens is 486 g/mol. The summed E-state index contributed by atoms with van der Waals surface area (Å²) >= 11 is 6.04. The number of benzene rings is 2. The number of nitrogens with one attached hydrogen (secondary N) is 2. The van der Waals surface area contributed by atoms with Gasteiger partial charge in [0.25, 0.3) is 11.8 Å². The van der Waals surface area contributed by atoms with Crippen LogP contribution in [0.25, 0.3) is 0 Å². The van der Waals surface area contributed by atoms with E-state index in [1.54, 1.807) is 24.3 Å². The van der Waals surface area contributed by atoms with Gasteiger partial charge >= 0.3 is 0 Å². The fraction of sp³-hybridized carbons (Fsp3) is 0.533. The number of aryl methyl sites for hydroxylation is 1. The Kier molecular flexibility index (Phi) is 13.1. The molecule has 0 radical (unpaired) electrons. The van der Waals surface area contributed by atoms with Crippen LogP contribution in [0.1, 0.15) is 78.8 Å². The van der Waals surface area contributed by atoms with Crippen molar-refractivity contribution in [1.82, 2.24) is 15.5 Å². The van der Waals surface area contributed by atoms with Crippen molar-refractivity contribution in [3.63, 3.8) is 0 Å². The molecule has 2 aromatic carbocycles. The quantitative estimate of drug-likeness (QED) is 0.275. The van der Waals surface area contributed by atoms with E-state index in [-0.39, 0.29) is 11.8 Å². The maximum atomic E-state index is 13.4. The highest BCUT2D eigenvalue weighted by Gasteiger charge is 2.24. The Morgan fingerprint density at radius 1 is 1.00 bits per heavy atom. The third-order valence-corrected chi connectivity index (χ3v) is 6.51. The maximum Gasteiger partial charge on any atom is 0.253 e. The summed E-state index contributed by atoms with van der Waals surface area (Å²) in [6.07, 6.45) is 2.42. The molecule has 0 aliphatic rings. The first-order chi connectivity index (χ1) is 17.6. The van der Waals surface area contributed by atoms with Crippen LogP contribution in [0, 0.1) is 12.8 Å². The predicted molar refractivity (Wildman–Crippen MR) is 152 cm³/mol. The van der Waals surface area contributed by atoms with Crippen LogP contribution in [0.4, 0.5) is 0 Å². The maximum absolute atomic E-state index is 13.4. The number of hydrogen-bond donors (Lipinski definition) is 3. The van der Waals surface area contributed by atoms with Crippen LogP contribution in [0.5, 0.6) is 0 Å². The highest BCUT2D eigenvalue weighted by molar-refractivity contribution is 6.30. The first-order valence-electron chi connectivity index (χ1n) is 13.5. The second kappa shape index (κ2) is 15.8. The van der Waals surface area contributed by atoms with E-state index in [4.69, 9.17) is 11.6 Å². The highest BCUT2D eigenvalue weighted by Crippen LogP contribution is 2.16. The van der Waals surface area contributed by atoms with Gasteiger partial charge in [-0.05, 0) is 86.5 Å². The van der Waals surface area contributed by atoms with Crippen LogP contribution in [0.15, 0.2) is 42.5 Å². The molecule has 0 heterocycles. The summed E-state index contributed by atoms with van der Waals surface area (Å²) in [4.78, 5) is 28.4. The molecule has 2 atom stereocenters. The third-order valence-electron chi connectivity index (χ3n) is 6.26. The number of hydrogen-bond acceptors (Lipinski definition) is 4. The van der Waals surface area contributed by atoms with Gasteiger partial charge in [-0.15, -0.1) is 0 Å². The van der Waals surface area contributed by atoms with Crippen molar-refractivity contribution in [2.75, 3.05) is 26.2 Å². The molecule has 2 aromatic rings. The van der Waals surface area contributed by atoms with Crippen molar-refractivity contribution in [2.45, 2.75) is 72.4 Å². The number of rotatable bonds is 15. The Morgan fingerprint density at radius 2 is 1.62 bits per heavy atom. The average Bonchev–Trinajstić information content (AvgIpc) is 2.86. The third kappa shape index (κ3) is 10.5. The van der Waals surface area contributed by atoms with E-state index in [1.807, 2.05) is 30.0 Å². The smallest absolute Gasteiger partial charge is 0.253 e. The molecular formula is C30H44ClN3O3. The number of amides is 2. The van der Waals surface area contributed by atoms with Crippen molar-refractivity contribution in [3.8, 4) is 0 Å². The number of nitrogens with zero attached hydrogens (tertiary/aromatic N) is 1. The Labute approximate surface area is 227 Å².